The Bertz CT molecular complexity index is 1340. The molecule has 0 saturated heterocycles. The fourth-order valence-electron chi connectivity index (χ4n) is 3.42. The predicted molar refractivity (Wildman–Crippen MR) is 143 cm³/mol. The van der Waals surface area contributed by atoms with Crippen LogP contribution < -0.4 is 34.4 Å². The number of nitrogens with one attached hydrogen (secondary N) is 2. The largest absolute Gasteiger partial charge is 0.497 e. The topological polar surface area (TPSA) is 117 Å². The predicted octanol–water partition coefficient (Wildman–Crippen LogP) is 3.65. The molecule has 10 heteroatoms. The van der Waals surface area contributed by atoms with Gasteiger partial charge >= 0.3 is 0 Å². The Morgan fingerprint density at radius 1 is 0.711 bits per heavy atom. The van der Waals surface area contributed by atoms with Gasteiger partial charge in [0, 0.05) is 22.8 Å². The number of rotatable bonds is 11. The van der Waals surface area contributed by atoms with Crippen molar-refractivity contribution in [3.8, 4) is 28.7 Å². The molecule has 3 aromatic carbocycles. The molecule has 2 amide bonds. The van der Waals surface area contributed by atoms with Gasteiger partial charge in [0.2, 0.25) is 0 Å². The van der Waals surface area contributed by atoms with Crippen LogP contribution in [0.1, 0.15) is 21.5 Å². The minimum atomic E-state index is -0.671. The Kier molecular flexibility index (Phi) is 9.70. The van der Waals surface area contributed by atoms with E-state index in [-0.39, 0.29) is 5.70 Å². The lowest BCUT2D eigenvalue weighted by atomic mass is 10.1. The van der Waals surface area contributed by atoms with Crippen molar-refractivity contribution in [2.24, 2.45) is 5.10 Å². The number of methoxy groups -OCH3 is 5. The molecule has 0 radical (unpaired) electrons. The number of ether oxygens (including phenoxy) is 5. The molecule has 0 spiro atoms. The van der Waals surface area contributed by atoms with Crippen molar-refractivity contribution >= 4 is 24.1 Å². The Morgan fingerprint density at radius 3 is 2.00 bits per heavy atom. The highest BCUT2D eigenvalue weighted by Gasteiger charge is 2.16. The average Bonchev–Trinajstić information content (AvgIpc) is 2.96. The van der Waals surface area contributed by atoms with E-state index >= 15 is 0 Å². The van der Waals surface area contributed by atoms with Crippen molar-refractivity contribution in [2.75, 3.05) is 35.5 Å². The number of benzene rings is 3. The molecule has 0 heterocycles. The van der Waals surface area contributed by atoms with Gasteiger partial charge in [-0.05, 0) is 42.5 Å². The number of nitrogens with zero attached hydrogens (tertiary/aromatic N) is 1. The SMILES string of the molecule is COc1ccc(OC)c(C=C(NC(=O)c2ccccc2)C(=O)NN=Cc2cc(OC)c(OC)cc2OC)c1. The van der Waals surface area contributed by atoms with Crippen LogP contribution in [0.5, 0.6) is 28.7 Å². The molecule has 3 rings (SSSR count). The molecule has 0 aliphatic heterocycles. The lowest BCUT2D eigenvalue weighted by Gasteiger charge is -2.12. The Morgan fingerprint density at radius 2 is 1.37 bits per heavy atom. The summed E-state index contributed by atoms with van der Waals surface area (Å²) in [6, 6.07) is 16.9. The third-order valence-electron chi connectivity index (χ3n) is 5.37. The van der Waals surface area contributed by atoms with E-state index < -0.39 is 11.8 Å². The van der Waals surface area contributed by atoms with Crippen molar-refractivity contribution in [2.45, 2.75) is 0 Å². The second-order valence-electron chi connectivity index (χ2n) is 7.63. The number of hydrogen-bond donors (Lipinski definition) is 2. The van der Waals surface area contributed by atoms with Crippen molar-refractivity contribution < 1.29 is 33.3 Å². The molecule has 0 aliphatic carbocycles. The maximum Gasteiger partial charge on any atom is 0.287 e. The summed E-state index contributed by atoms with van der Waals surface area (Å²) < 4.78 is 26.7. The molecule has 0 unspecified atom stereocenters. The van der Waals surface area contributed by atoms with Crippen molar-refractivity contribution in [3.63, 3.8) is 0 Å². The van der Waals surface area contributed by atoms with Crippen LogP contribution in [0, 0.1) is 0 Å². The molecule has 0 bridgehead atoms. The summed E-state index contributed by atoms with van der Waals surface area (Å²) in [6.07, 6.45) is 2.87. The molecular formula is C28H29N3O7. The molecule has 0 atom stereocenters. The fourth-order valence-corrected chi connectivity index (χ4v) is 3.42. The third-order valence-corrected chi connectivity index (χ3v) is 5.37. The van der Waals surface area contributed by atoms with Gasteiger partial charge in [0.25, 0.3) is 11.8 Å². The molecule has 0 aliphatic rings. The first-order chi connectivity index (χ1) is 18.4. The van der Waals surface area contributed by atoms with Crippen LogP contribution in [0.3, 0.4) is 0 Å². The smallest absolute Gasteiger partial charge is 0.287 e. The summed E-state index contributed by atoms with van der Waals surface area (Å²) in [5, 5.41) is 6.70. The monoisotopic (exact) mass is 519 g/mol. The molecule has 3 aromatic rings. The minimum absolute atomic E-state index is 0.0677. The Hall–Kier alpha value is -4.99. The lowest BCUT2D eigenvalue weighted by molar-refractivity contribution is -0.117. The number of amides is 2. The van der Waals surface area contributed by atoms with Gasteiger partial charge in [0.1, 0.15) is 22.9 Å². The maximum atomic E-state index is 13.2. The summed E-state index contributed by atoms with van der Waals surface area (Å²) >= 11 is 0. The molecule has 2 N–H and O–H groups in total. The first-order valence-corrected chi connectivity index (χ1v) is 11.4. The van der Waals surface area contributed by atoms with E-state index in [1.165, 1.54) is 47.8 Å². The van der Waals surface area contributed by atoms with E-state index in [1.54, 1.807) is 60.7 Å². The van der Waals surface area contributed by atoms with E-state index in [1.807, 2.05) is 0 Å². The van der Waals surface area contributed by atoms with E-state index in [0.717, 1.165) is 0 Å². The van der Waals surface area contributed by atoms with E-state index in [9.17, 15) is 9.59 Å². The summed E-state index contributed by atoms with van der Waals surface area (Å²) in [6.45, 7) is 0. The zero-order valence-electron chi connectivity index (χ0n) is 21.7. The summed E-state index contributed by atoms with van der Waals surface area (Å²) in [4.78, 5) is 26.0. The second kappa shape index (κ2) is 13.4. The molecule has 10 nitrogen and oxygen atoms in total. The van der Waals surface area contributed by atoms with Crippen LogP contribution in [-0.2, 0) is 4.79 Å². The molecule has 0 saturated carbocycles. The molecular weight excluding hydrogens is 490 g/mol. The van der Waals surface area contributed by atoms with Crippen LogP contribution in [0.15, 0.2) is 71.5 Å². The average molecular weight is 520 g/mol. The normalized spacial score (nSPS) is 11.0. The number of carbonyl (C=O) groups is 2. The summed E-state index contributed by atoms with van der Waals surface area (Å²) in [5.41, 5.74) is 3.79. The molecule has 38 heavy (non-hydrogen) atoms. The molecule has 0 aromatic heterocycles. The highest BCUT2D eigenvalue weighted by molar-refractivity contribution is 6.05. The van der Waals surface area contributed by atoms with Crippen molar-refractivity contribution in [1.82, 2.24) is 10.7 Å². The lowest BCUT2D eigenvalue weighted by Crippen LogP contribution is -2.32. The second-order valence-corrected chi connectivity index (χ2v) is 7.63. The number of hydrazone groups is 1. The highest BCUT2D eigenvalue weighted by Crippen LogP contribution is 2.33. The van der Waals surface area contributed by atoms with E-state index in [2.05, 4.69) is 15.8 Å². The van der Waals surface area contributed by atoms with Gasteiger partial charge in [0.05, 0.1) is 41.8 Å². The zero-order chi connectivity index (χ0) is 27.5. The number of carbonyl (C=O) groups excluding carboxylic acids is 2. The summed E-state index contributed by atoms with van der Waals surface area (Å²) in [7, 11) is 7.55. The van der Waals surface area contributed by atoms with Crippen LogP contribution in [-0.4, -0.2) is 53.6 Å². The zero-order valence-corrected chi connectivity index (χ0v) is 21.7. The molecule has 0 fully saturated rings. The van der Waals surface area contributed by atoms with E-state index in [0.29, 0.717) is 45.4 Å². The molecule has 198 valence electrons. The maximum absolute atomic E-state index is 13.2. The van der Waals surface area contributed by atoms with Gasteiger partial charge in [-0.2, -0.15) is 5.10 Å². The van der Waals surface area contributed by atoms with Crippen molar-refractivity contribution in [3.05, 3.63) is 83.1 Å². The quantitative estimate of drug-likeness (QED) is 0.226. The van der Waals surface area contributed by atoms with Gasteiger partial charge in [-0.15, -0.1) is 0 Å². The van der Waals surface area contributed by atoms with Crippen molar-refractivity contribution in [1.29, 1.82) is 0 Å². The first kappa shape index (κ1) is 27.6. The van der Waals surface area contributed by atoms with Gasteiger partial charge in [-0.25, -0.2) is 5.43 Å². The van der Waals surface area contributed by atoms with Crippen LogP contribution in [0.2, 0.25) is 0 Å². The van der Waals surface area contributed by atoms with E-state index in [4.69, 9.17) is 23.7 Å². The third kappa shape index (κ3) is 6.82. The van der Waals surface area contributed by atoms with Gasteiger partial charge in [-0.3, -0.25) is 9.59 Å². The number of hydrogen-bond acceptors (Lipinski definition) is 8. The van der Waals surface area contributed by atoms with Crippen LogP contribution in [0.25, 0.3) is 6.08 Å². The van der Waals surface area contributed by atoms with Gasteiger partial charge in [0.15, 0.2) is 11.5 Å². The first-order valence-electron chi connectivity index (χ1n) is 11.4. The standard InChI is InChI=1S/C28H29N3O7/c1-34-21-11-12-23(35-2)19(13-21)14-22(30-27(32)18-9-7-6-8-10-18)28(33)31-29-17-20-15-25(37-4)26(38-5)16-24(20)36-3/h6-17H,1-5H3,(H,30,32)(H,31,33). The van der Waals surface area contributed by atoms with Gasteiger partial charge < -0.3 is 29.0 Å². The minimum Gasteiger partial charge on any atom is -0.497 e. The fraction of sp³-hybridized carbons (Fsp3) is 0.179. The highest BCUT2D eigenvalue weighted by atomic mass is 16.5. The Balaban J connectivity index is 1.93. The van der Waals surface area contributed by atoms with Crippen LogP contribution in [0.4, 0.5) is 0 Å². The summed E-state index contributed by atoms with van der Waals surface area (Å²) in [5.74, 6) is 1.27. The Labute approximate surface area is 220 Å². The van der Waals surface area contributed by atoms with Gasteiger partial charge in [-0.1, -0.05) is 18.2 Å². The van der Waals surface area contributed by atoms with Crippen LogP contribution >= 0.6 is 0 Å².